The number of carbonyl (C=O) groups is 1. The van der Waals surface area contributed by atoms with Crippen LogP contribution in [0.15, 0.2) is 36.4 Å². The summed E-state index contributed by atoms with van der Waals surface area (Å²) in [5.41, 5.74) is 2.63. The Hall–Kier alpha value is -1.83. The summed E-state index contributed by atoms with van der Waals surface area (Å²) in [6, 6.07) is 11.3. The lowest BCUT2D eigenvalue weighted by Crippen LogP contribution is -2.46. The predicted octanol–water partition coefficient (Wildman–Crippen LogP) is 4.60. The molecule has 0 bridgehead atoms. The van der Waals surface area contributed by atoms with Crippen LogP contribution in [-0.4, -0.2) is 47.1 Å². The van der Waals surface area contributed by atoms with Crippen LogP contribution >= 0.6 is 23.2 Å². The molecule has 8 heteroatoms. The van der Waals surface area contributed by atoms with Crippen LogP contribution in [0.5, 0.6) is 5.75 Å². The highest BCUT2D eigenvalue weighted by Gasteiger charge is 2.63. The van der Waals surface area contributed by atoms with E-state index in [4.69, 9.17) is 32.7 Å². The Labute approximate surface area is 203 Å². The molecule has 1 saturated carbocycles. The van der Waals surface area contributed by atoms with Crippen LogP contribution in [0.25, 0.3) is 0 Å². The summed E-state index contributed by atoms with van der Waals surface area (Å²) in [7, 11) is 0. The molecule has 1 fully saturated rings. The number of aliphatic hydroxyl groups is 1. The fourth-order valence-electron chi connectivity index (χ4n) is 4.61. The van der Waals surface area contributed by atoms with E-state index in [0.29, 0.717) is 16.6 Å². The van der Waals surface area contributed by atoms with Gasteiger partial charge in [0, 0.05) is 23.6 Å². The number of hydrogen-bond donors (Lipinski definition) is 3. The maximum absolute atomic E-state index is 11.4. The van der Waals surface area contributed by atoms with E-state index in [1.54, 1.807) is 6.07 Å². The standard InChI is InChI=1S/C25H29Cl2NO5/c1-13(16-5-4-6-19-20(16)21-22(24(30)31)23(21)33-19)32-12-15(29)11-28-25(2,3)10-14-7-8-17(26)18(27)9-14/h4-9,13,15,21-23,28-29H,10-12H2,1-3H3,(H,30,31)/t13-,15?,21+,22+,23+/m1/s1. The zero-order valence-corrected chi connectivity index (χ0v) is 20.4. The average molecular weight is 494 g/mol. The van der Waals surface area contributed by atoms with Crippen LogP contribution < -0.4 is 10.1 Å². The minimum absolute atomic E-state index is 0.117. The van der Waals surface area contributed by atoms with Crippen molar-refractivity contribution >= 4 is 29.2 Å². The number of nitrogens with one attached hydrogen (secondary N) is 1. The molecule has 4 rings (SSSR count). The number of β-amino-alcohol motifs (C(OH)–C–C–N with tert-alkyl or cyclic N) is 1. The van der Waals surface area contributed by atoms with Crippen LogP contribution in [0.1, 0.15) is 49.5 Å². The SMILES string of the molecule is C[C@@H](OCC(O)CNC(C)(C)Cc1ccc(Cl)c(Cl)c1)c1cccc2c1[C@@H]1[C@H](O2)[C@H]1C(=O)O. The van der Waals surface area contributed by atoms with Crippen LogP contribution in [0.4, 0.5) is 0 Å². The molecule has 1 heterocycles. The summed E-state index contributed by atoms with van der Waals surface area (Å²) in [6.45, 7) is 6.55. The Morgan fingerprint density at radius 2 is 2.00 bits per heavy atom. The van der Waals surface area contributed by atoms with Gasteiger partial charge in [-0.25, -0.2) is 0 Å². The molecule has 2 aromatic rings. The monoisotopic (exact) mass is 493 g/mol. The molecule has 0 saturated heterocycles. The van der Waals surface area contributed by atoms with Gasteiger partial charge in [0.1, 0.15) is 17.8 Å². The molecule has 6 nitrogen and oxygen atoms in total. The fraction of sp³-hybridized carbons (Fsp3) is 0.480. The second-order valence-corrected chi connectivity index (χ2v) is 10.4. The van der Waals surface area contributed by atoms with Gasteiger partial charge in [0.25, 0.3) is 0 Å². The summed E-state index contributed by atoms with van der Waals surface area (Å²) in [6.07, 6.45) is -0.555. The minimum atomic E-state index is -0.830. The third-order valence-corrected chi connectivity index (χ3v) is 7.10. The summed E-state index contributed by atoms with van der Waals surface area (Å²) in [5.74, 6) is -0.697. The Morgan fingerprint density at radius 1 is 1.24 bits per heavy atom. The van der Waals surface area contributed by atoms with E-state index >= 15 is 0 Å². The lowest BCUT2D eigenvalue weighted by atomic mass is 9.94. The molecule has 1 aliphatic carbocycles. The van der Waals surface area contributed by atoms with Crippen LogP contribution in [0.3, 0.4) is 0 Å². The van der Waals surface area contributed by atoms with Gasteiger partial charge in [-0.3, -0.25) is 4.79 Å². The normalized spacial score (nSPS) is 22.8. The molecule has 0 radical (unpaired) electrons. The van der Waals surface area contributed by atoms with Crippen molar-refractivity contribution in [3.8, 4) is 5.75 Å². The van der Waals surface area contributed by atoms with E-state index in [0.717, 1.165) is 28.9 Å². The van der Waals surface area contributed by atoms with Gasteiger partial charge in [-0.1, -0.05) is 41.4 Å². The Morgan fingerprint density at radius 3 is 2.70 bits per heavy atom. The third kappa shape index (κ3) is 5.31. The first kappa shape index (κ1) is 24.3. The molecule has 178 valence electrons. The predicted molar refractivity (Wildman–Crippen MR) is 127 cm³/mol. The summed E-state index contributed by atoms with van der Waals surface area (Å²) in [4.78, 5) is 11.4. The number of hydrogen-bond acceptors (Lipinski definition) is 5. The lowest BCUT2D eigenvalue weighted by Gasteiger charge is -2.28. The van der Waals surface area contributed by atoms with E-state index in [9.17, 15) is 15.0 Å². The topological polar surface area (TPSA) is 88.0 Å². The molecule has 33 heavy (non-hydrogen) atoms. The van der Waals surface area contributed by atoms with Gasteiger partial charge < -0.3 is 25.0 Å². The van der Waals surface area contributed by atoms with Crippen molar-refractivity contribution in [3.05, 3.63) is 63.1 Å². The summed E-state index contributed by atoms with van der Waals surface area (Å²) in [5, 5.41) is 24.3. The maximum atomic E-state index is 11.4. The highest BCUT2D eigenvalue weighted by atomic mass is 35.5. The van der Waals surface area contributed by atoms with Crippen molar-refractivity contribution in [1.82, 2.24) is 5.32 Å². The number of aliphatic carboxylic acids is 1. The number of halogens is 2. The first-order valence-electron chi connectivity index (χ1n) is 11.1. The first-order valence-corrected chi connectivity index (χ1v) is 11.8. The maximum Gasteiger partial charge on any atom is 0.311 e. The Kier molecular flexibility index (Phi) is 6.95. The van der Waals surface area contributed by atoms with Crippen molar-refractivity contribution in [2.45, 2.75) is 57.0 Å². The van der Waals surface area contributed by atoms with Crippen molar-refractivity contribution < 1.29 is 24.5 Å². The Balaban J connectivity index is 1.29. The van der Waals surface area contributed by atoms with Gasteiger partial charge in [-0.2, -0.15) is 0 Å². The highest BCUT2D eigenvalue weighted by Crippen LogP contribution is 2.60. The zero-order chi connectivity index (χ0) is 23.9. The van der Waals surface area contributed by atoms with E-state index in [2.05, 4.69) is 19.2 Å². The third-order valence-electron chi connectivity index (χ3n) is 6.36. The molecule has 0 amide bonds. The van der Waals surface area contributed by atoms with Crippen LogP contribution in [0.2, 0.25) is 10.0 Å². The van der Waals surface area contributed by atoms with E-state index in [1.807, 2.05) is 37.3 Å². The van der Waals surface area contributed by atoms with Crippen molar-refractivity contribution in [3.63, 3.8) is 0 Å². The van der Waals surface area contributed by atoms with Gasteiger partial charge in [-0.15, -0.1) is 0 Å². The highest BCUT2D eigenvalue weighted by molar-refractivity contribution is 6.42. The molecule has 3 N–H and O–H groups in total. The second kappa shape index (κ2) is 9.43. The number of aliphatic hydroxyl groups excluding tert-OH is 1. The van der Waals surface area contributed by atoms with Crippen molar-refractivity contribution in [2.24, 2.45) is 5.92 Å². The van der Waals surface area contributed by atoms with Gasteiger partial charge in [0.05, 0.1) is 28.9 Å². The smallest absolute Gasteiger partial charge is 0.311 e. The number of ether oxygens (including phenoxy) is 2. The average Bonchev–Trinajstić information content (AvgIpc) is 3.34. The second-order valence-electron chi connectivity index (χ2n) is 9.55. The van der Waals surface area contributed by atoms with Gasteiger partial charge in [-0.05, 0) is 56.5 Å². The molecular weight excluding hydrogens is 465 g/mol. The summed E-state index contributed by atoms with van der Waals surface area (Å²) < 4.78 is 11.8. The van der Waals surface area contributed by atoms with E-state index in [-0.39, 0.29) is 30.3 Å². The Bertz CT molecular complexity index is 1040. The van der Waals surface area contributed by atoms with Crippen molar-refractivity contribution in [1.29, 1.82) is 0 Å². The van der Waals surface area contributed by atoms with Crippen LogP contribution in [-0.2, 0) is 16.0 Å². The number of rotatable bonds is 10. The molecule has 1 aliphatic heterocycles. The lowest BCUT2D eigenvalue weighted by molar-refractivity contribution is -0.139. The van der Waals surface area contributed by atoms with Gasteiger partial charge in [0.2, 0.25) is 0 Å². The molecule has 0 aromatic heterocycles. The number of fused-ring (bicyclic) bond motifs is 3. The van der Waals surface area contributed by atoms with E-state index < -0.39 is 18.0 Å². The van der Waals surface area contributed by atoms with E-state index in [1.165, 1.54) is 0 Å². The number of carboxylic acid groups (broad SMARTS) is 1. The largest absolute Gasteiger partial charge is 0.489 e. The van der Waals surface area contributed by atoms with Gasteiger partial charge >= 0.3 is 5.97 Å². The molecule has 0 spiro atoms. The molecular formula is C25H29Cl2NO5. The van der Waals surface area contributed by atoms with Gasteiger partial charge in [0.15, 0.2) is 0 Å². The number of benzene rings is 2. The molecule has 2 aromatic carbocycles. The minimum Gasteiger partial charge on any atom is -0.489 e. The van der Waals surface area contributed by atoms with Crippen molar-refractivity contribution in [2.75, 3.05) is 13.2 Å². The molecule has 5 atom stereocenters. The van der Waals surface area contributed by atoms with Crippen LogP contribution in [0, 0.1) is 5.92 Å². The fourth-order valence-corrected chi connectivity index (χ4v) is 4.93. The first-order chi connectivity index (χ1) is 15.6. The zero-order valence-electron chi connectivity index (χ0n) is 18.8. The quantitative estimate of drug-likeness (QED) is 0.448. The number of carboxylic acids is 1. The molecule has 1 unspecified atom stereocenters. The summed E-state index contributed by atoms with van der Waals surface area (Å²) >= 11 is 12.1. The molecule has 2 aliphatic rings.